The summed E-state index contributed by atoms with van der Waals surface area (Å²) in [5.74, 6) is -0.847. The molecule has 0 bridgehead atoms. The number of benzene rings is 2. The predicted molar refractivity (Wildman–Crippen MR) is 127 cm³/mol. The third-order valence-corrected chi connectivity index (χ3v) is 7.04. The van der Waals surface area contributed by atoms with Crippen molar-refractivity contribution in [3.63, 3.8) is 0 Å². The monoisotopic (exact) mass is 466 g/mol. The Hall–Kier alpha value is -3.03. The highest BCUT2D eigenvalue weighted by atomic mass is 32.1. The molecule has 2 aromatic carbocycles. The molecule has 1 aliphatic heterocycles. The average molecular weight is 467 g/mol. The first-order valence-electron chi connectivity index (χ1n) is 10.9. The molecule has 2 amide bonds. The van der Waals surface area contributed by atoms with Crippen LogP contribution in [0.4, 0.5) is 4.39 Å². The lowest BCUT2D eigenvalue weighted by molar-refractivity contribution is -0.134. The van der Waals surface area contributed by atoms with Crippen molar-refractivity contribution < 1.29 is 18.7 Å². The number of rotatable bonds is 7. The maximum absolute atomic E-state index is 13.6. The SMILES string of the molecule is COCCN(CC(=O)N1CCc2sccc2C1c1ccccc1C)C(=O)c1ccc(F)cc1. The Kier molecular flexibility index (Phi) is 7.20. The van der Waals surface area contributed by atoms with E-state index in [1.807, 2.05) is 17.0 Å². The van der Waals surface area contributed by atoms with E-state index in [-0.39, 0.29) is 30.9 Å². The smallest absolute Gasteiger partial charge is 0.254 e. The molecule has 5 nitrogen and oxygen atoms in total. The fraction of sp³-hybridized carbons (Fsp3) is 0.308. The summed E-state index contributed by atoms with van der Waals surface area (Å²) in [6.45, 7) is 3.15. The Morgan fingerprint density at radius 2 is 1.88 bits per heavy atom. The lowest BCUT2D eigenvalue weighted by atomic mass is 9.90. The minimum atomic E-state index is -0.410. The molecule has 0 N–H and O–H groups in total. The molecule has 7 heteroatoms. The van der Waals surface area contributed by atoms with Crippen LogP contribution in [0, 0.1) is 12.7 Å². The molecule has 3 aromatic rings. The number of carbonyl (C=O) groups is 2. The highest BCUT2D eigenvalue weighted by Crippen LogP contribution is 2.39. The molecule has 2 heterocycles. The van der Waals surface area contributed by atoms with Gasteiger partial charge in [0.05, 0.1) is 12.6 Å². The van der Waals surface area contributed by atoms with Crippen molar-refractivity contribution in [2.24, 2.45) is 0 Å². The van der Waals surface area contributed by atoms with E-state index < -0.39 is 5.82 Å². The number of nitrogens with zero attached hydrogens (tertiary/aromatic N) is 2. The summed E-state index contributed by atoms with van der Waals surface area (Å²) in [6, 6.07) is 15.4. The molecule has 1 aromatic heterocycles. The molecule has 0 saturated heterocycles. The average Bonchev–Trinajstić information content (AvgIpc) is 3.30. The number of ether oxygens (including phenoxy) is 1. The van der Waals surface area contributed by atoms with E-state index in [1.165, 1.54) is 34.0 Å². The molecule has 172 valence electrons. The van der Waals surface area contributed by atoms with Crippen LogP contribution < -0.4 is 0 Å². The highest BCUT2D eigenvalue weighted by molar-refractivity contribution is 7.10. The van der Waals surface area contributed by atoms with Crippen molar-refractivity contribution in [3.8, 4) is 0 Å². The maximum atomic E-state index is 13.6. The Morgan fingerprint density at radius 3 is 2.61 bits per heavy atom. The lowest BCUT2D eigenvalue weighted by Gasteiger charge is -2.38. The van der Waals surface area contributed by atoms with Crippen LogP contribution in [0.1, 0.15) is 38.0 Å². The zero-order chi connectivity index (χ0) is 23.4. The van der Waals surface area contributed by atoms with Crippen LogP contribution in [0.2, 0.25) is 0 Å². The predicted octanol–water partition coefficient (Wildman–Crippen LogP) is 4.46. The topological polar surface area (TPSA) is 49.9 Å². The molecule has 0 spiro atoms. The van der Waals surface area contributed by atoms with Gasteiger partial charge in [0.1, 0.15) is 12.4 Å². The Morgan fingerprint density at radius 1 is 1.12 bits per heavy atom. The van der Waals surface area contributed by atoms with Gasteiger partial charge in [-0.1, -0.05) is 24.3 Å². The first-order chi connectivity index (χ1) is 16.0. The van der Waals surface area contributed by atoms with Crippen LogP contribution >= 0.6 is 11.3 Å². The van der Waals surface area contributed by atoms with Crippen LogP contribution in [0.25, 0.3) is 0 Å². The van der Waals surface area contributed by atoms with Crippen LogP contribution in [0.3, 0.4) is 0 Å². The number of amides is 2. The van der Waals surface area contributed by atoms with Crippen molar-refractivity contribution in [1.82, 2.24) is 9.80 Å². The van der Waals surface area contributed by atoms with E-state index in [4.69, 9.17) is 4.74 Å². The zero-order valence-electron chi connectivity index (χ0n) is 18.8. The van der Waals surface area contributed by atoms with Gasteiger partial charge in [-0.3, -0.25) is 9.59 Å². The number of carbonyl (C=O) groups excluding carboxylic acids is 2. The summed E-state index contributed by atoms with van der Waals surface area (Å²) in [5.41, 5.74) is 3.72. The van der Waals surface area contributed by atoms with E-state index in [0.29, 0.717) is 18.7 Å². The molecule has 1 atom stereocenters. The van der Waals surface area contributed by atoms with Crippen molar-refractivity contribution in [3.05, 3.63) is 92.9 Å². The van der Waals surface area contributed by atoms with Crippen LogP contribution in [0.15, 0.2) is 60.0 Å². The number of hydrogen-bond acceptors (Lipinski definition) is 4. The van der Waals surface area contributed by atoms with Crippen molar-refractivity contribution in [2.45, 2.75) is 19.4 Å². The van der Waals surface area contributed by atoms with E-state index in [1.54, 1.807) is 18.4 Å². The zero-order valence-corrected chi connectivity index (χ0v) is 19.6. The maximum Gasteiger partial charge on any atom is 0.254 e. The first kappa shape index (κ1) is 23.1. The summed E-state index contributed by atoms with van der Waals surface area (Å²) in [5, 5.41) is 2.08. The molecular weight excluding hydrogens is 439 g/mol. The Bertz CT molecular complexity index is 1130. The van der Waals surface area contributed by atoms with Crippen molar-refractivity contribution in [1.29, 1.82) is 0 Å². The van der Waals surface area contributed by atoms with Gasteiger partial charge >= 0.3 is 0 Å². The standard InChI is InChI=1S/C26H27FN2O3S/c1-18-5-3-4-6-21(18)25-22-12-16-33-23(22)11-13-29(25)24(30)17-28(14-15-32-2)26(31)19-7-9-20(27)10-8-19/h3-10,12,16,25H,11,13-15,17H2,1-2H3. The highest BCUT2D eigenvalue weighted by Gasteiger charge is 2.34. The molecule has 1 unspecified atom stereocenters. The summed E-state index contributed by atoms with van der Waals surface area (Å²) in [4.78, 5) is 31.4. The minimum Gasteiger partial charge on any atom is -0.383 e. The van der Waals surface area contributed by atoms with Gasteiger partial charge in [0.25, 0.3) is 5.91 Å². The van der Waals surface area contributed by atoms with E-state index in [0.717, 1.165) is 23.1 Å². The number of hydrogen-bond donors (Lipinski definition) is 0. The van der Waals surface area contributed by atoms with Gasteiger partial charge in [-0.15, -0.1) is 11.3 Å². The molecule has 0 saturated carbocycles. The van der Waals surface area contributed by atoms with Gasteiger partial charge in [-0.2, -0.15) is 0 Å². The normalized spacial score (nSPS) is 15.2. The molecule has 0 fully saturated rings. The molecule has 4 rings (SSSR count). The summed E-state index contributed by atoms with van der Waals surface area (Å²) in [6.07, 6.45) is 0.797. The lowest BCUT2D eigenvalue weighted by Crippen LogP contribution is -2.47. The summed E-state index contributed by atoms with van der Waals surface area (Å²) >= 11 is 1.72. The molecule has 0 radical (unpaired) electrons. The van der Waals surface area contributed by atoms with Gasteiger partial charge in [-0.05, 0) is 65.7 Å². The second kappa shape index (κ2) is 10.3. The number of methoxy groups -OCH3 is 1. The van der Waals surface area contributed by atoms with Crippen LogP contribution in [-0.4, -0.2) is 55.0 Å². The van der Waals surface area contributed by atoms with E-state index in [9.17, 15) is 14.0 Å². The van der Waals surface area contributed by atoms with E-state index >= 15 is 0 Å². The Balaban J connectivity index is 1.62. The Labute approximate surface area is 197 Å². The summed E-state index contributed by atoms with van der Waals surface area (Å²) in [7, 11) is 1.55. The second-order valence-corrected chi connectivity index (χ2v) is 9.12. The number of aryl methyl sites for hydroxylation is 1. The third kappa shape index (κ3) is 4.99. The van der Waals surface area contributed by atoms with Gasteiger partial charge in [-0.25, -0.2) is 4.39 Å². The van der Waals surface area contributed by atoms with Crippen LogP contribution in [-0.2, 0) is 16.0 Å². The van der Waals surface area contributed by atoms with Crippen molar-refractivity contribution >= 4 is 23.2 Å². The van der Waals surface area contributed by atoms with Gasteiger partial charge in [0.2, 0.25) is 5.91 Å². The molecular formula is C26H27FN2O3S. The summed E-state index contributed by atoms with van der Waals surface area (Å²) < 4.78 is 18.5. The van der Waals surface area contributed by atoms with Gasteiger partial charge in [0.15, 0.2) is 0 Å². The third-order valence-electron chi connectivity index (χ3n) is 6.04. The van der Waals surface area contributed by atoms with E-state index in [2.05, 4.69) is 30.5 Å². The molecule has 33 heavy (non-hydrogen) atoms. The fourth-order valence-electron chi connectivity index (χ4n) is 4.30. The number of fused-ring (bicyclic) bond motifs is 1. The number of thiophene rings is 1. The van der Waals surface area contributed by atoms with Crippen LogP contribution in [0.5, 0.6) is 0 Å². The largest absolute Gasteiger partial charge is 0.383 e. The molecule has 0 aliphatic carbocycles. The number of halogens is 1. The quantitative estimate of drug-likeness (QED) is 0.517. The van der Waals surface area contributed by atoms with Crippen molar-refractivity contribution in [2.75, 3.05) is 33.4 Å². The molecule has 1 aliphatic rings. The second-order valence-electron chi connectivity index (χ2n) is 8.12. The first-order valence-corrected chi connectivity index (χ1v) is 11.8. The van der Waals surface area contributed by atoms with Gasteiger partial charge < -0.3 is 14.5 Å². The minimum absolute atomic E-state index is 0.0680. The van der Waals surface area contributed by atoms with Gasteiger partial charge in [0, 0.05) is 30.6 Å². The fourth-order valence-corrected chi connectivity index (χ4v) is 5.20.